The molecule has 3 nitrogen and oxygen atoms in total. The third-order valence-corrected chi connectivity index (χ3v) is 4.67. The average molecular weight is 324 g/mol. The number of nitrogens with two attached hydrogens (primary N) is 1. The average Bonchev–Trinajstić information content (AvgIpc) is 2.97. The van der Waals surface area contributed by atoms with E-state index in [1.807, 2.05) is 28.1 Å². The smallest absolute Gasteiger partial charge is 0.307 e. The van der Waals surface area contributed by atoms with Crippen LogP contribution in [0.15, 0.2) is 64.8 Å². The Morgan fingerprint density at radius 3 is 2.22 bits per heavy atom. The summed E-state index contributed by atoms with van der Waals surface area (Å²) in [5, 5.41) is 1.95. The molecule has 0 saturated carbocycles. The Morgan fingerprint density at radius 1 is 0.870 bits per heavy atom. The predicted molar refractivity (Wildman–Crippen MR) is 97.7 cm³/mol. The molecule has 0 aliphatic carbocycles. The van der Waals surface area contributed by atoms with Crippen molar-refractivity contribution in [3.8, 4) is 22.4 Å². The first kappa shape index (κ1) is 15.7. The Labute approximate surface area is 140 Å². The first-order valence-electron chi connectivity index (χ1n) is 7.84. The zero-order valence-corrected chi connectivity index (χ0v) is 13.8. The van der Waals surface area contributed by atoms with Crippen LogP contribution in [0.1, 0.15) is 12.8 Å². The molecule has 23 heavy (non-hydrogen) atoms. The number of unbranched alkanes of at least 4 members (excludes halogenated alkanes) is 1. The predicted octanol–water partition coefficient (Wildman–Crippen LogP) is 3.98. The highest BCUT2D eigenvalue weighted by molar-refractivity contribution is 7.07. The van der Waals surface area contributed by atoms with Crippen LogP contribution < -0.4 is 10.6 Å². The van der Waals surface area contributed by atoms with Gasteiger partial charge in [-0.1, -0.05) is 65.9 Å². The first-order chi connectivity index (χ1) is 11.3. The van der Waals surface area contributed by atoms with Crippen molar-refractivity contribution in [1.82, 2.24) is 4.57 Å². The Morgan fingerprint density at radius 2 is 1.52 bits per heavy atom. The van der Waals surface area contributed by atoms with Gasteiger partial charge in [-0.2, -0.15) is 0 Å². The topological polar surface area (TPSA) is 48.0 Å². The standard InChI is InChI=1S/C19H20N2OS/c20-12-4-5-13-21-18(14-23-19(21)22)17-10-8-16(9-11-17)15-6-2-1-3-7-15/h1-3,6-11,14H,4-5,12-13,20H2. The highest BCUT2D eigenvalue weighted by Gasteiger charge is 2.09. The number of hydrogen-bond donors (Lipinski definition) is 1. The van der Waals surface area contributed by atoms with Gasteiger partial charge in [-0.05, 0) is 36.1 Å². The molecule has 2 N–H and O–H groups in total. The monoisotopic (exact) mass is 324 g/mol. The first-order valence-corrected chi connectivity index (χ1v) is 8.72. The lowest BCUT2D eigenvalue weighted by molar-refractivity contribution is 0.613. The molecule has 0 unspecified atom stereocenters. The van der Waals surface area contributed by atoms with Crippen LogP contribution in [0.2, 0.25) is 0 Å². The van der Waals surface area contributed by atoms with E-state index in [1.54, 1.807) is 0 Å². The summed E-state index contributed by atoms with van der Waals surface area (Å²) in [7, 11) is 0. The van der Waals surface area contributed by atoms with Gasteiger partial charge in [0.1, 0.15) is 0 Å². The molecule has 0 fully saturated rings. The minimum absolute atomic E-state index is 0.101. The van der Waals surface area contributed by atoms with Crippen molar-refractivity contribution in [3.05, 3.63) is 69.6 Å². The molecule has 0 spiro atoms. The lowest BCUT2D eigenvalue weighted by Crippen LogP contribution is -2.15. The molecule has 0 aliphatic rings. The van der Waals surface area contributed by atoms with Gasteiger partial charge < -0.3 is 5.73 Å². The van der Waals surface area contributed by atoms with E-state index in [2.05, 4.69) is 36.4 Å². The highest BCUT2D eigenvalue weighted by Crippen LogP contribution is 2.25. The molecule has 3 aromatic rings. The summed E-state index contributed by atoms with van der Waals surface area (Å²) in [5.41, 5.74) is 10.00. The lowest BCUT2D eigenvalue weighted by Gasteiger charge is -2.08. The molecule has 2 aromatic carbocycles. The minimum Gasteiger partial charge on any atom is -0.330 e. The van der Waals surface area contributed by atoms with Crippen LogP contribution >= 0.6 is 11.3 Å². The Balaban J connectivity index is 1.87. The Bertz CT molecular complexity index is 803. The second kappa shape index (κ2) is 7.40. The lowest BCUT2D eigenvalue weighted by atomic mass is 10.0. The van der Waals surface area contributed by atoms with Crippen molar-refractivity contribution in [2.45, 2.75) is 19.4 Å². The van der Waals surface area contributed by atoms with Gasteiger partial charge >= 0.3 is 4.87 Å². The molecule has 1 heterocycles. The molecule has 0 radical (unpaired) electrons. The molecule has 3 rings (SSSR count). The fourth-order valence-corrected chi connectivity index (χ4v) is 3.44. The van der Waals surface area contributed by atoms with E-state index in [-0.39, 0.29) is 4.87 Å². The number of aromatic nitrogens is 1. The van der Waals surface area contributed by atoms with E-state index in [1.165, 1.54) is 22.5 Å². The van der Waals surface area contributed by atoms with Crippen LogP contribution in [0.3, 0.4) is 0 Å². The molecular formula is C19H20N2OS. The molecule has 0 atom stereocenters. The summed E-state index contributed by atoms with van der Waals surface area (Å²) in [6.07, 6.45) is 1.87. The van der Waals surface area contributed by atoms with Crippen molar-refractivity contribution in [3.63, 3.8) is 0 Å². The number of nitrogens with zero attached hydrogens (tertiary/aromatic N) is 1. The van der Waals surface area contributed by atoms with Crippen molar-refractivity contribution in [2.24, 2.45) is 5.73 Å². The molecule has 0 bridgehead atoms. The van der Waals surface area contributed by atoms with Crippen LogP contribution in [0.4, 0.5) is 0 Å². The summed E-state index contributed by atoms with van der Waals surface area (Å²) in [4.78, 5) is 12.1. The Hall–Kier alpha value is -2.17. The van der Waals surface area contributed by atoms with Crippen molar-refractivity contribution >= 4 is 11.3 Å². The number of benzene rings is 2. The quantitative estimate of drug-likeness (QED) is 0.697. The minimum atomic E-state index is 0.101. The summed E-state index contributed by atoms with van der Waals surface area (Å²) < 4.78 is 1.86. The Kier molecular flexibility index (Phi) is 5.05. The van der Waals surface area contributed by atoms with Crippen molar-refractivity contribution in [1.29, 1.82) is 0 Å². The van der Waals surface area contributed by atoms with Crippen LogP contribution in [-0.4, -0.2) is 11.1 Å². The van der Waals surface area contributed by atoms with Crippen LogP contribution in [-0.2, 0) is 6.54 Å². The highest BCUT2D eigenvalue weighted by atomic mass is 32.1. The van der Waals surface area contributed by atoms with Crippen molar-refractivity contribution < 1.29 is 0 Å². The summed E-state index contributed by atoms with van der Waals surface area (Å²) in [5.74, 6) is 0. The van der Waals surface area contributed by atoms with E-state index in [4.69, 9.17) is 5.73 Å². The van der Waals surface area contributed by atoms with Crippen LogP contribution in [0.25, 0.3) is 22.4 Å². The van der Waals surface area contributed by atoms with Gasteiger partial charge in [0.15, 0.2) is 0 Å². The maximum Gasteiger partial charge on any atom is 0.307 e. The third-order valence-electron chi connectivity index (χ3n) is 3.91. The molecule has 1 aromatic heterocycles. The third kappa shape index (κ3) is 3.60. The van der Waals surface area contributed by atoms with Gasteiger partial charge in [0.25, 0.3) is 0 Å². The maximum atomic E-state index is 12.0. The second-order valence-electron chi connectivity index (χ2n) is 5.48. The fraction of sp³-hybridized carbons (Fsp3) is 0.211. The van der Waals surface area contributed by atoms with Crippen LogP contribution in [0, 0.1) is 0 Å². The van der Waals surface area contributed by atoms with E-state index in [9.17, 15) is 4.79 Å². The summed E-state index contributed by atoms with van der Waals surface area (Å²) in [6.45, 7) is 1.40. The van der Waals surface area contributed by atoms with E-state index in [0.717, 1.165) is 30.6 Å². The fourth-order valence-electron chi connectivity index (χ4n) is 2.65. The summed E-state index contributed by atoms with van der Waals surface area (Å²) in [6, 6.07) is 18.7. The van der Waals surface area contributed by atoms with Gasteiger partial charge in [-0.25, -0.2) is 0 Å². The van der Waals surface area contributed by atoms with Gasteiger partial charge in [0.05, 0.1) is 5.69 Å². The molecule has 0 amide bonds. The second-order valence-corrected chi connectivity index (χ2v) is 6.30. The number of rotatable bonds is 6. The zero-order valence-electron chi connectivity index (χ0n) is 12.9. The molecule has 118 valence electrons. The number of thiazole rings is 1. The van der Waals surface area contributed by atoms with Gasteiger partial charge in [-0.3, -0.25) is 9.36 Å². The van der Waals surface area contributed by atoms with Gasteiger partial charge in [0, 0.05) is 11.9 Å². The SMILES string of the molecule is NCCCCn1c(-c2ccc(-c3ccccc3)cc2)csc1=O. The maximum absolute atomic E-state index is 12.0. The van der Waals surface area contributed by atoms with Gasteiger partial charge in [0.2, 0.25) is 0 Å². The van der Waals surface area contributed by atoms with Gasteiger partial charge in [-0.15, -0.1) is 0 Å². The van der Waals surface area contributed by atoms with E-state index >= 15 is 0 Å². The normalized spacial score (nSPS) is 10.8. The van der Waals surface area contributed by atoms with Crippen molar-refractivity contribution in [2.75, 3.05) is 6.54 Å². The number of hydrogen-bond acceptors (Lipinski definition) is 3. The van der Waals surface area contributed by atoms with E-state index < -0.39 is 0 Å². The molecule has 4 heteroatoms. The molecule has 0 saturated heterocycles. The van der Waals surface area contributed by atoms with E-state index in [0.29, 0.717) is 6.54 Å². The van der Waals surface area contributed by atoms with Crippen LogP contribution in [0.5, 0.6) is 0 Å². The molecule has 0 aliphatic heterocycles. The zero-order chi connectivity index (χ0) is 16.1. The molecular weight excluding hydrogens is 304 g/mol. The largest absolute Gasteiger partial charge is 0.330 e. The summed E-state index contributed by atoms with van der Waals surface area (Å²) >= 11 is 1.26.